The minimum Gasteiger partial charge on any atom is -0.496 e. The smallest absolute Gasteiger partial charge is 0.317 e. The number of halogens is 2. The molecule has 0 radical (unpaired) electrons. The van der Waals surface area contributed by atoms with Gasteiger partial charge in [0.1, 0.15) is 12.0 Å². The van der Waals surface area contributed by atoms with Gasteiger partial charge in [-0.15, -0.1) is 0 Å². The third-order valence-corrected chi connectivity index (χ3v) is 4.66. The van der Waals surface area contributed by atoms with Gasteiger partial charge in [-0.1, -0.05) is 47.5 Å². The van der Waals surface area contributed by atoms with Gasteiger partial charge in [-0.3, -0.25) is 0 Å². The summed E-state index contributed by atoms with van der Waals surface area (Å²) >= 11 is 12.0. The number of ether oxygens (including phenoxy) is 1. The van der Waals surface area contributed by atoms with Gasteiger partial charge < -0.3 is 19.7 Å². The fraction of sp³-hybridized carbons (Fsp3) is 0.263. The Morgan fingerprint density at radius 3 is 2.62 bits per heavy atom. The first-order valence-electron chi connectivity index (χ1n) is 7.98. The Balaban J connectivity index is 2.11. The number of nitrogens with one attached hydrogen (secondary N) is 1. The van der Waals surface area contributed by atoms with E-state index >= 15 is 0 Å². The van der Waals surface area contributed by atoms with Crippen LogP contribution in [-0.2, 0) is 11.3 Å². The van der Waals surface area contributed by atoms with E-state index in [1.54, 1.807) is 32.4 Å². The molecule has 26 heavy (non-hydrogen) atoms. The molecule has 0 aliphatic rings. The zero-order valence-corrected chi connectivity index (χ0v) is 16.1. The lowest BCUT2D eigenvalue weighted by atomic mass is 10.0. The largest absolute Gasteiger partial charge is 0.496 e. The van der Waals surface area contributed by atoms with Gasteiger partial charge in [0.25, 0.3) is 0 Å². The molecule has 0 saturated carbocycles. The van der Waals surface area contributed by atoms with E-state index in [2.05, 4.69) is 5.32 Å². The molecule has 0 saturated heterocycles. The maximum atomic E-state index is 12.6. The number of nitrogens with zero attached hydrogens (tertiary/aromatic N) is 1. The fourth-order valence-electron chi connectivity index (χ4n) is 2.52. The summed E-state index contributed by atoms with van der Waals surface area (Å²) in [6, 6.07) is 11.7. The third kappa shape index (κ3) is 5.13. The summed E-state index contributed by atoms with van der Waals surface area (Å²) in [7, 11) is 3.26. The number of rotatable bonds is 7. The number of methoxy groups -OCH3 is 1. The van der Waals surface area contributed by atoms with E-state index in [1.165, 1.54) is 4.90 Å². The summed E-state index contributed by atoms with van der Waals surface area (Å²) in [5.74, 6) is 0.709. The normalized spacial score (nSPS) is 11.5. The molecule has 0 aliphatic carbocycles. The number of hydrogen-bond donors (Lipinski definition) is 1. The molecule has 7 heteroatoms. The number of carbonyl (C=O) groups is 2. The molecule has 1 atom stereocenters. The van der Waals surface area contributed by atoms with E-state index in [0.717, 1.165) is 11.8 Å². The quantitative estimate of drug-likeness (QED) is 0.704. The van der Waals surface area contributed by atoms with E-state index in [9.17, 15) is 9.59 Å². The topological polar surface area (TPSA) is 58.6 Å². The maximum absolute atomic E-state index is 12.6. The van der Waals surface area contributed by atoms with Crippen LogP contribution in [-0.4, -0.2) is 31.4 Å². The molecular weight excluding hydrogens is 375 g/mol. The summed E-state index contributed by atoms with van der Waals surface area (Å²) in [4.78, 5) is 25.1. The number of urea groups is 1. The van der Waals surface area contributed by atoms with Crippen LogP contribution in [0, 0.1) is 0 Å². The summed E-state index contributed by atoms with van der Waals surface area (Å²) in [6.07, 6.45) is 0.889. The number of carbonyl (C=O) groups excluding carboxylic acids is 2. The SMILES string of the molecule is COc1ccccc1CN(C)C(=O)NC(CC=O)c1ccc(Cl)c(Cl)c1. The van der Waals surface area contributed by atoms with Crippen molar-refractivity contribution in [2.24, 2.45) is 0 Å². The highest BCUT2D eigenvalue weighted by molar-refractivity contribution is 6.42. The molecule has 0 bridgehead atoms. The highest BCUT2D eigenvalue weighted by Crippen LogP contribution is 2.27. The van der Waals surface area contributed by atoms with Gasteiger partial charge in [0.2, 0.25) is 0 Å². The average Bonchev–Trinajstić information content (AvgIpc) is 2.64. The zero-order valence-electron chi connectivity index (χ0n) is 14.5. The van der Waals surface area contributed by atoms with Crippen molar-refractivity contribution in [3.8, 4) is 5.75 Å². The van der Waals surface area contributed by atoms with Gasteiger partial charge in [0, 0.05) is 19.0 Å². The predicted molar refractivity (Wildman–Crippen MR) is 103 cm³/mol. The van der Waals surface area contributed by atoms with Crippen LogP contribution in [0.1, 0.15) is 23.6 Å². The summed E-state index contributed by atoms with van der Waals surface area (Å²) in [5.41, 5.74) is 1.60. The van der Waals surface area contributed by atoms with E-state index < -0.39 is 6.04 Å². The highest BCUT2D eigenvalue weighted by Gasteiger charge is 2.18. The summed E-state index contributed by atoms with van der Waals surface area (Å²) in [6.45, 7) is 0.366. The molecule has 5 nitrogen and oxygen atoms in total. The Hall–Kier alpha value is -2.24. The van der Waals surface area contributed by atoms with Crippen LogP contribution in [0.25, 0.3) is 0 Å². The second kappa shape index (κ2) is 9.46. The molecule has 1 N–H and O–H groups in total. The van der Waals surface area contributed by atoms with Crippen LogP contribution < -0.4 is 10.1 Å². The molecule has 0 heterocycles. The lowest BCUT2D eigenvalue weighted by molar-refractivity contribution is -0.108. The Morgan fingerprint density at radius 1 is 1.23 bits per heavy atom. The Bertz CT molecular complexity index is 783. The number of aldehydes is 1. The first-order valence-corrected chi connectivity index (χ1v) is 8.74. The van der Waals surface area contributed by atoms with Crippen molar-refractivity contribution in [2.75, 3.05) is 14.2 Å². The minimum atomic E-state index is -0.491. The van der Waals surface area contributed by atoms with Gasteiger partial charge >= 0.3 is 6.03 Å². The van der Waals surface area contributed by atoms with Crippen molar-refractivity contribution in [2.45, 2.75) is 19.0 Å². The molecule has 2 aromatic rings. The maximum Gasteiger partial charge on any atom is 0.317 e. The molecule has 2 rings (SSSR count). The number of para-hydroxylation sites is 1. The lowest BCUT2D eigenvalue weighted by Gasteiger charge is -2.24. The van der Waals surface area contributed by atoms with Crippen LogP contribution in [0.3, 0.4) is 0 Å². The minimum absolute atomic E-state index is 0.131. The summed E-state index contributed by atoms with van der Waals surface area (Å²) < 4.78 is 5.31. The molecule has 0 spiro atoms. The van der Waals surface area contributed by atoms with Crippen LogP contribution in [0.2, 0.25) is 10.0 Å². The summed E-state index contributed by atoms with van der Waals surface area (Å²) in [5, 5.41) is 3.64. The molecule has 2 amide bonds. The molecule has 2 aromatic carbocycles. The van der Waals surface area contributed by atoms with Crippen LogP contribution in [0.4, 0.5) is 4.79 Å². The van der Waals surface area contributed by atoms with E-state index in [4.69, 9.17) is 27.9 Å². The van der Waals surface area contributed by atoms with Crippen molar-refractivity contribution in [3.05, 3.63) is 63.6 Å². The first kappa shape index (κ1) is 20.1. The van der Waals surface area contributed by atoms with E-state index in [0.29, 0.717) is 27.9 Å². The molecule has 1 unspecified atom stereocenters. The van der Waals surface area contributed by atoms with Gasteiger partial charge in [-0.05, 0) is 23.8 Å². The van der Waals surface area contributed by atoms with Crippen LogP contribution >= 0.6 is 23.2 Å². The molecular formula is C19H20Cl2N2O3. The molecule has 0 fully saturated rings. The van der Waals surface area contributed by atoms with Crippen molar-refractivity contribution in [3.63, 3.8) is 0 Å². The van der Waals surface area contributed by atoms with Gasteiger partial charge in [0.15, 0.2) is 0 Å². The Labute approximate surface area is 162 Å². The van der Waals surface area contributed by atoms with E-state index in [-0.39, 0.29) is 12.5 Å². The van der Waals surface area contributed by atoms with Crippen molar-refractivity contribution < 1.29 is 14.3 Å². The van der Waals surface area contributed by atoms with Crippen molar-refractivity contribution in [1.82, 2.24) is 10.2 Å². The predicted octanol–water partition coefficient (Wildman–Crippen LogP) is 4.47. The monoisotopic (exact) mass is 394 g/mol. The van der Waals surface area contributed by atoms with Gasteiger partial charge in [0.05, 0.1) is 29.7 Å². The standard InChI is InChI=1S/C19H20Cl2N2O3/c1-23(12-14-5-3-4-6-18(14)26-2)19(25)22-17(9-10-24)13-7-8-15(20)16(21)11-13/h3-8,10-11,17H,9,12H2,1-2H3,(H,22,25). The van der Waals surface area contributed by atoms with Crippen molar-refractivity contribution in [1.29, 1.82) is 0 Å². The number of hydrogen-bond acceptors (Lipinski definition) is 3. The highest BCUT2D eigenvalue weighted by atomic mass is 35.5. The zero-order chi connectivity index (χ0) is 19.1. The van der Waals surface area contributed by atoms with Crippen LogP contribution in [0.15, 0.2) is 42.5 Å². The fourth-order valence-corrected chi connectivity index (χ4v) is 2.83. The molecule has 0 aliphatic heterocycles. The average molecular weight is 395 g/mol. The van der Waals surface area contributed by atoms with Crippen molar-refractivity contribution >= 4 is 35.5 Å². The third-order valence-electron chi connectivity index (χ3n) is 3.92. The first-order chi connectivity index (χ1) is 12.5. The molecule has 138 valence electrons. The molecule has 0 aromatic heterocycles. The van der Waals surface area contributed by atoms with Crippen LogP contribution in [0.5, 0.6) is 5.75 Å². The number of benzene rings is 2. The Kier molecular flexibility index (Phi) is 7.30. The second-order valence-corrected chi connectivity index (χ2v) is 6.56. The lowest BCUT2D eigenvalue weighted by Crippen LogP contribution is -2.39. The number of amides is 2. The van der Waals surface area contributed by atoms with Gasteiger partial charge in [-0.2, -0.15) is 0 Å². The van der Waals surface area contributed by atoms with Gasteiger partial charge in [-0.25, -0.2) is 4.79 Å². The Morgan fingerprint density at radius 2 is 1.96 bits per heavy atom. The van der Waals surface area contributed by atoms with E-state index in [1.807, 2.05) is 24.3 Å². The second-order valence-electron chi connectivity index (χ2n) is 5.75.